The van der Waals surface area contributed by atoms with Gasteiger partial charge in [-0.15, -0.1) is 0 Å². The number of Topliss-reactive ketones (excluding diaryl/α,β-unsaturated/α-hetero) is 1. The van der Waals surface area contributed by atoms with Crippen LogP contribution in [0.4, 0.5) is 4.39 Å². The zero-order valence-corrected chi connectivity index (χ0v) is 7.73. The van der Waals surface area contributed by atoms with Crippen molar-refractivity contribution in [1.82, 2.24) is 0 Å². The summed E-state index contributed by atoms with van der Waals surface area (Å²) in [5.74, 6) is -0.572. The highest BCUT2D eigenvalue weighted by molar-refractivity contribution is 5.98. The van der Waals surface area contributed by atoms with Crippen LogP contribution in [0.5, 0.6) is 0 Å². The Hall–Kier alpha value is -1.22. The van der Waals surface area contributed by atoms with Gasteiger partial charge in [-0.05, 0) is 37.1 Å². The highest BCUT2D eigenvalue weighted by atomic mass is 19.1. The number of nitrogens with two attached hydrogens (primary N) is 1. The van der Waals surface area contributed by atoms with Gasteiger partial charge in [0.15, 0.2) is 5.78 Å². The first-order valence-corrected chi connectivity index (χ1v) is 4.06. The van der Waals surface area contributed by atoms with Crippen molar-refractivity contribution >= 4 is 5.78 Å². The molecule has 0 aliphatic rings. The monoisotopic (exact) mass is 181 g/mol. The third-order valence-electron chi connectivity index (χ3n) is 1.97. The Kier molecular flexibility index (Phi) is 2.78. The molecule has 70 valence electrons. The number of ketones is 1. The van der Waals surface area contributed by atoms with Crippen molar-refractivity contribution in [1.29, 1.82) is 0 Å². The smallest absolute Gasteiger partial charge is 0.176 e. The van der Waals surface area contributed by atoms with Crippen LogP contribution in [0.25, 0.3) is 0 Å². The molecular formula is C10H12FNO. The molecule has 1 aromatic rings. The topological polar surface area (TPSA) is 43.1 Å². The van der Waals surface area contributed by atoms with Crippen molar-refractivity contribution in [3.8, 4) is 0 Å². The molecule has 0 aromatic heterocycles. The maximum absolute atomic E-state index is 13.1. The lowest BCUT2D eigenvalue weighted by Gasteiger charge is -2.05. The van der Waals surface area contributed by atoms with Gasteiger partial charge in [-0.25, -0.2) is 4.39 Å². The zero-order chi connectivity index (χ0) is 10.0. The van der Waals surface area contributed by atoms with Crippen LogP contribution < -0.4 is 5.73 Å². The molecule has 2 nitrogen and oxygen atoms in total. The summed E-state index contributed by atoms with van der Waals surface area (Å²) in [4.78, 5) is 11.2. The predicted molar refractivity (Wildman–Crippen MR) is 49.3 cm³/mol. The average Bonchev–Trinajstić information content (AvgIpc) is 2.10. The van der Waals surface area contributed by atoms with E-state index in [1.807, 2.05) is 0 Å². The van der Waals surface area contributed by atoms with Gasteiger partial charge in [0, 0.05) is 5.56 Å². The molecule has 2 N–H and O–H groups in total. The zero-order valence-electron chi connectivity index (χ0n) is 7.73. The minimum atomic E-state index is -0.350. The van der Waals surface area contributed by atoms with Gasteiger partial charge in [0.05, 0.1) is 6.54 Å². The summed E-state index contributed by atoms with van der Waals surface area (Å²) in [6, 6.07) is 3.07. The lowest BCUT2D eigenvalue weighted by atomic mass is 10.0. The van der Waals surface area contributed by atoms with Crippen molar-refractivity contribution in [2.75, 3.05) is 6.54 Å². The number of aryl methyl sites for hydroxylation is 1. The maximum Gasteiger partial charge on any atom is 0.176 e. The standard InChI is InChI=1S/C10H12FNO/c1-6-3-8(10(13)5-12)7(2)9(11)4-6/h3-4H,5,12H2,1-2H3. The Balaban J connectivity index is 3.28. The number of rotatable bonds is 2. The van der Waals surface area contributed by atoms with Crippen molar-refractivity contribution < 1.29 is 9.18 Å². The molecule has 3 heteroatoms. The van der Waals surface area contributed by atoms with Crippen LogP contribution in [-0.4, -0.2) is 12.3 Å². The van der Waals surface area contributed by atoms with E-state index in [0.29, 0.717) is 11.1 Å². The Labute approximate surface area is 76.6 Å². The number of hydrogen-bond acceptors (Lipinski definition) is 2. The molecule has 0 amide bonds. The Morgan fingerprint density at radius 3 is 2.62 bits per heavy atom. The number of carbonyl (C=O) groups is 1. The average molecular weight is 181 g/mol. The SMILES string of the molecule is Cc1cc(F)c(C)c(C(=O)CN)c1. The number of halogens is 1. The van der Waals surface area contributed by atoms with Crippen LogP contribution in [0, 0.1) is 19.7 Å². The normalized spacial score (nSPS) is 10.2. The van der Waals surface area contributed by atoms with Gasteiger partial charge in [0.1, 0.15) is 5.82 Å². The largest absolute Gasteiger partial charge is 0.324 e. The molecule has 1 aromatic carbocycles. The maximum atomic E-state index is 13.1. The minimum Gasteiger partial charge on any atom is -0.324 e. The molecule has 13 heavy (non-hydrogen) atoms. The van der Waals surface area contributed by atoms with Gasteiger partial charge in [0.25, 0.3) is 0 Å². The molecule has 0 unspecified atom stereocenters. The quantitative estimate of drug-likeness (QED) is 0.704. The van der Waals surface area contributed by atoms with Crippen molar-refractivity contribution in [2.45, 2.75) is 13.8 Å². The summed E-state index contributed by atoms with van der Waals surface area (Å²) in [7, 11) is 0. The molecule has 0 fully saturated rings. The van der Waals surface area contributed by atoms with Crippen LogP contribution in [-0.2, 0) is 0 Å². The fourth-order valence-corrected chi connectivity index (χ4v) is 1.21. The van der Waals surface area contributed by atoms with E-state index in [4.69, 9.17) is 5.73 Å². The Bertz CT molecular complexity index is 347. The number of carbonyl (C=O) groups excluding carboxylic acids is 1. The molecule has 0 heterocycles. The van der Waals surface area contributed by atoms with Crippen molar-refractivity contribution in [3.63, 3.8) is 0 Å². The second kappa shape index (κ2) is 3.66. The van der Waals surface area contributed by atoms with Gasteiger partial charge in [0.2, 0.25) is 0 Å². The summed E-state index contributed by atoms with van der Waals surface area (Å²) < 4.78 is 13.1. The third kappa shape index (κ3) is 1.92. The first-order valence-electron chi connectivity index (χ1n) is 4.06. The Morgan fingerprint density at radius 1 is 1.46 bits per heavy atom. The molecule has 0 aliphatic heterocycles. The van der Waals surface area contributed by atoms with Crippen LogP contribution in [0.3, 0.4) is 0 Å². The van der Waals surface area contributed by atoms with E-state index in [1.165, 1.54) is 6.07 Å². The summed E-state index contributed by atoms with van der Waals surface area (Å²) in [6.07, 6.45) is 0. The van der Waals surface area contributed by atoms with E-state index in [-0.39, 0.29) is 18.1 Å². The second-order valence-electron chi connectivity index (χ2n) is 3.05. The van der Waals surface area contributed by atoms with Crippen LogP contribution in [0.1, 0.15) is 21.5 Å². The fourth-order valence-electron chi connectivity index (χ4n) is 1.21. The van der Waals surface area contributed by atoms with Gasteiger partial charge >= 0.3 is 0 Å². The van der Waals surface area contributed by atoms with E-state index < -0.39 is 0 Å². The van der Waals surface area contributed by atoms with Crippen LogP contribution >= 0.6 is 0 Å². The molecule has 1 rings (SSSR count). The Morgan fingerprint density at radius 2 is 2.08 bits per heavy atom. The fraction of sp³-hybridized carbons (Fsp3) is 0.300. The predicted octanol–water partition coefficient (Wildman–Crippen LogP) is 1.58. The van der Waals surface area contributed by atoms with Gasteiger partial charge in [-0.1, -0.05) is 0 Å². The molecule has 0 atom stereocenters. The first-order chi connectivity index (χ1) is 6.06. The van der Waals surface area contributed by atoms with E-state index >= 15 is 0 Å². The molecule has 0 spiro atoms. The van der Waals surface area contributed by atoms with E-state index in [9.17, 15) is 9.18 Å². The summed E-state index contributed by atoms with van der Waals surface area (Å²) >= 11 is 0. The van der Waals surface area contributed by atoms with Crippen LogP contribution in [0.2, 0.25) is 0 Å². The minimum absolute atomic E-state index is 0.0796. The van der Waals surface area contributed by atoms with Gasteiger partial charge < -0.3 is 5.73 Å². The van der Waals surface area contributed by atoms with Crippen molar-refractivity contribution in [2.24, 2.45) is 5.73 Å². The summed E-state index contributed by atoms with van der Waals surface area (Å²) in [5.41, 5.74) is 6.70. The molecule has 0 aliphatic carbocycles. The number of benzene rings is 1. The van der Waals surface area contributed by atoms with E-state index in [1.54, 1.807) is 19.9 Å². The van der Waals surface area contributed by atoms with Gasteiger partial charge in [-0.3, -0.25) is 4.79 Å². The first kappa shape index (κ1) is 9.86. The number of hydrogen-bond donors (Lipinski definition) is 1. The summed E-state index contributed by atoms with van der Waals surface area (Å²) in [6.45, 7) is 3.25. The van der Waals surface area contributed by atoms with Gasteiger partial charge in [-0.2, -0.15) is 0 Å². The molecule has 0 bridgehead atoms. The highest BCUT2D eigenvalue weighted by Crippen LogP contribution is 2.15. The second-order valence-corrected chi connectivity index (χ2v) is 3.05. The van der Waals surface area contributed by atoms with Crippen LogP contribution in [0.15, 0.2) is 12.1 Å². The molecule has 0 radical (unpaired) electrons. The van der Waals surface area contributed by atoms with E-state index in [2.05, 4.69) is 0 Å². The van der Waals surface area contributed by atoms with E-state index in [0.717, 1.165) is 5.56 Å². The molecule has 0 saturated carbocycles. The summed E-state index contributed by atoms with van der Waals surface area (Å²) in [5, 5.41) is 0. The lowest BCUT2D eigenvalue weighted by molar-refractivity contribution is 0.1000. The lowest BCUT2D eigenvalue weighted by Crippen LogP contribution is -2.15. The van der Waals surface area contributed by atoms with Crippen molar-refractivity contribution in [3.05, 3.63) is 34.6 Å². The third-order valence-corrected chi connectivity index (χ3v) is 1.97. The molecule has 0 saturated heterocycles. The molecular weight excluding hydrogens is 169 g/mol. The highest BCUT2D eigenvalue weighted by Gasteiger charge is 2.10.